The largest absolute Gasteiger partial charge is 0.492 e. The number of rotatable bonds is 2. The molecule has 0 aromatic heterocycles. The normalized spacial score (nSPS) is 23.1. The van der Waals surface area contributed by atoms with E-state index in [-0.39, 0.29) is 18.6 Å². The number of amides is 1. The number of fused-ring (bicyclic) bond motifs is 2. The molecule has 3 heterocycles. The molecule has 0 spiro atoms. The zero-order valence-corrected chi connectivity index (χ0v) is 14.9. The SMILES string of the molecule is O=C(c1cccc2c1OCC2)N1CC[C@@H](c2ccc3c(c2)OCO3)[C@H](O)C1. The van der Waals surface area contributed by atoms with Crippen molar-refractivity contribution in [3.8, 4) is 17.2 Å². The van der Waals surface area contributed by atoms with E-state index in [1.54, 1.807) is 4.90 Å². The van der Waals surface area contributed by atoms with Gasteiger partial charge in [0.15, 0.2) is 11.5 Å². The number of hydrogen-bond acceptors (Lipinski definition) is 5. The number of piperidine rings is 1. The van der Waals surface area contributed by atoms with E-state index in [1.807, 2.05) is 36.4 Å². The molecule has 3 aliphatic rings. The summed E-state index contributed by atoms with van der Waals surface area (Å²) in [5.41, 5.74) is 2.69. The Morgan fingerprint density at radius 3 is 2.89 bits per heavy atom. The molecule has 0 saturated carbocycles. The van der Waals surface area contributed by atoms with Crippen molar-refractivity contribution in [2.24, 2.45) is 0 Å². The van der Waals surface area contributed by atoms with Gasteiger partial charge in [-0.05, 0) is 35.7 Å². The Balaban J connectivity index is 1.33. The summed E-state index contributed by atoms with van der Waals surface area (Å²) in [6.07, 6.45) is 0.911. The molecule has 0 unspecified atom stereocenters. The summed E-state index contributed by atoms with van der Waals surface area (Å²) >= 11 is 0. The lowest BCUT2D eigenvalue weighted by Crippen LogP contribution is -2.45. The van der Waals surface area contributed by atoms with Crippen LogP contribution in [0.1, 0.15) is 33.8 Å². The van der Waals surface area contributed by atoms with Crippen molar-refractivity contribution in [1.29, 1.82) is 0 Å². The van der Waals surface area contributed by atoms with Gasteiger partial charge < -0.3 is 24.2 Å². The molecule has 1 amide bonds. The van der Waals surface area contributed by atoms with Gasteiger partial charge >= 0.3 is 0 Å². The molecule has 2 aromatic rings. The van der Waals surface area contributed by atoms with Crippen LogP contribution in [0.4, 0.5) is 0 Å². The topological polar surface area (TPSA) is 68.2 Å². The monoisotopic (exact) mass is 367 g/mol. The third-order valence-corrected chi connectivity index (χ3v) is 5.64. The van der Waals surface area contributed by atoms with Crippen LogP contribution in [0.15, 0.2) is 36.4 Å². The highest BCUT2D eigenvalue weighted by atomic mass is 16.7. The number of aliphatic hydroxyl groups excluding tert-OH is 1. The number of likely N-dealkylation sites (tertiary alicyclic amines) is 1. The third kappa shape index (κ3) is 2.80. The van der Waals surface area contributed by atoms with Crippen molar-refractivity contribution < 1.29 is 24.1 Å². The maximum absolute atomic E-state index is 13.0. The van der Waals surface area contributed by atoms with Gasteiger partial charge in [0.25, 0.3) is 5.91 Å². The fourth-order valence-corrected chi connectivity index (χ4v) is 4.20. The molecule has 0 radical (unpaired) electrons. The number of ether oxygens (including phenoxy) is 3. The van der Waals surface area contributed by atoms with Gasteiger partial charge in [-0.25, -0.2) is 0 Å². The number of aliphatic hydroxyl groups is 1. The predicted octanol–water partition coefficient (Wildman–Crippen LogP) is 2.34. The molecule has 2 aromatic carbocycles. The molecule has 6 heteroatoms. The van der Waals surface area contributed by atoms with Crippen LogP contribution in [-0.2, 0) is 6.42 Å². The highest BCUT2D eigenvalue weighted by Crippen LogP contribution is 2.38. The van der Waals surface area contributed by atoms with Crippen LogP contribution in [0, 0.1) is 0 Å². The zero-order valence-electron chi connectivity index (χ0n) is 14.9. The van der Waals surface area contributed by atoms with Gasteiger partial charge in [-0.3, -0.25) is 4.79 Å². The van der Waals surface area contributed by atoms with Crippen LogP contribution in [-0.4, -0.2) is 48.5 Å². The van der Waals surface area contributed by atoms with Gasteiger partial charge in [0, 0.05) is 25.4 Å². The van der Waals surface area contributed by atoms with Crippen molar-refractivity contribution in [2.45, 2.75) is 24.9 Å². The number of carbonyl (C=O) groups is 1. The molecule has 0 aliphatic carbocycles. The number of β-amino-alcohol motifs (C(OH)–C–C–N with tert-alkyl or cyclic N) is 1. The van der Waals surface area contributed by atoms with Crippen molar-refractivity contribution in [3.63, 3.8) is 0 Å². The summed E-state index contributed by atoms with van der Waals surface area (Å²) in [6, 6.07) is 11.5. The Hall–Kier alpha value is -2.73. The second kappa shape index (κ2) is 6.46. The molecule has 1 saturated heterocycles. The number of hydrogen-bond donors (Lipinski definition) is 1. The summed E-state index contributed by atoms with van der Waals surface area (Å²) in [5, 5.41) is 10.7. The smallest absolute Gasteiger partial charge is 0.257 e. The molecule has 27 heavy (non-hydrogen) atoms. The van der Waals surface area contributed by atoms with Crippen molar-refractivity contribution >= 4 is 5.91 Å². The van der Waals surface area contributed by atoms with E-state index in [0.29, 0.717) is 37.4 Å². The second-order valence-electron chi connectivity index (χ2n) is 7.22. The summed E-state index contributed by atoms with van der Waals surface area (Å²) in [6.45, 7) is 1.76. The minimum atomic E-state index is -0.624. The highest BCUT2D eigenvalue weighted by Gasteiger charge is 2.34. The minimum Gasteiger partial charge on any atom is -0.492 e. The van der Waals surface area contributed by atoms with Gasteiger partial charge in [-0.2, -0.15) is 0 Å². The van der Waals surface area contributed by atoms with Crippen LogP contribution < -0.4 is 14.2 Å². The number of nitrogens with zero attached hydrogens (tertiary/aromatic N) is 1. The van der Waals surface area contributed by atoms with Crippen LogP contribution in [0.5, 0.6) is 17.2 Å². The molecule has 3 aliphatic heterocycles. The van der Waals surface area contributed by atoms with Crippen molar-refractivity contribution in [2.75, 3.05) is 26.5 Å². The minimum absolute atomic E-state index is 0.0266. The lowest BCUT2D eigenvalue weighted by molar-refractivity contribution is 0.0379. The van der Waals surface area contributed by atoms with E-state index in [2.05, 4.69) is 0 Å². The van der Waals surface area contributed by atoms with Crippen LogP contribution in [0.25, 0.3) is 0 Å². The highest BCUT2D eigenvalue weighted by molar-refractivity contribution is 5.97. The Bertz CT molecular complexity index is 896. The third-order valence-electron chi connectivity index (χ3n) is 5.64. The van der Waals surface area contributed by atoms with E-state index in [4.69, 9.17) is 14.2 Å². The molecule has 6 nitrogen and oxygen atoms in total. The molecule has 0 bridgehead atoms. The lowest BCUT2D eigenvalue weighted by atomic mass is 9.86. The molecular weight excluding hydrogens is 346 g/mol. The Morgan fingerprint density at radius 1 is 1.11 bits per heavy atom. The Morgan fingerprint density at radius 2 is 2.00 bits per heavy atom. The maximum atomic E-state index is 13.0. The first-order chi connectivity index (χ1) is 13.2. The molecule has 2 atom stereocenters. The fraction of sp³-hybridized carbons (Fsp3) is 0.381. The number of carbonyl (C=O) groups excluding carboxylic acids is 1. The van der Waals surface area contributed by atoms with E-state index in [9.17, 15) is 9.90 Å². The van der Waals surface area contributed by atoms with E-state index >= 15 is 0 Å². The van der Waals surface area contributed by atoms with E-state index in [1.165, 1.54) is 0 Å². The molecular formula is C21H21NO5. The standard InChI is InChI=1S/C21H21NO5/c23-17-11-22(21(24)16-3-1-2-13-7-9-25-20(13)16)8-6-15(17)14-4-5-18-19(10-14)27-12-26-18/h1-5,10,15,17,23H,6-9,11-12H2/t15-,17+/m0/s1. The predicted molar refractivity (Wildman–Crippen MR) is 97.5 cm³/mol. The first kappa shape index (κ1) is 16.4. The summed E-state index contributed by atoms with van der Waals surface area (Å²) < 4.78 is 16.5. The summed E-state index contributed by atoms with van der Waals surface area (Å²) in [7, 11) is 0. The van der Waals surface area contributed by atoms with Gasteiger partial charge in [-0.1, -0.05) is 18.2 Å². The van der Waals surface area contributed by atoms with Gasteiger partial charge in [0.2, 0.25) is 6.79 Å². The first-order valence-electron chi connectivity index (χ1n) is 9.32. The summed E-state index contributed by atoms with van der Waals surface area (Å²) in [4.78, 5) is 14.7. The lowest BCUT2D eigenvalue weighted by Gasteiger charge is -2.36. The first-order valence-corrected chi connectivity index (χ1v) is 9.32. The van der Waals surface area contributed by atoms with E-state index in [0.717, 1.165) is 29.0 Å². The number of benzene rings is 2. The molecule has 140 valence electrons. The average molecular weight is 367 g/mol. The fourth-order valence-electron chi connectivity index (χ4n) is 4.20. The quantitative estimate of drug-likeness (QED) is 0.882. The van der Waals surface area contributed by atoms with Crippen LogP contribution >= 0.6 is 0 Å². The van der Waals surface area contributed by atoms with Gasteiger partial charge in [0.05, 0.1) is 18.3 Å². The van der Waals surface area contributed by atoms with Gasteiger partial charge in [0.1, 0.15) is 5.75 Å². The van der Waals surface area contributed by atoms with Gasteiger partial charge in [-0.15, -0.1) is 0 Å². The maximum Gasteiger partial charge on any atom is 0.257 e. The average Bonchev–Trinajstić information content (AvgIpc) is 3.35. The Kier molecular flexibility index (Phi) is 3.93. The van der Waals surface area contributed by atoms with Crippen molar-refractivity contribution in [3.05, 3.63) is 53.1 Å². The summed E-state index contributed by atoms with van der Waals surface area (Å²) in [5.74, 6) is 2.06. The van der Waals surface area contributed by atoms with Crippen LogP contribution in [0.2, 0.25) is 0 Å². The van der Waals surface area contributed by atoms with Crippen molar-refractivity contribution in [1.82, 2.24) is 4.90 Å². The molecule has 1 N–H and O–H groups in total. The van der Waals surface area contributed by atoms with Crippen LogP contribution in [0.3, 0.4) is 0 Å². The molecule has 1 fully saturated rings. The zero-order chi connectivity index (χ0) is 18.4. The number of para-hydroxylation sites is 1. The van der Waals surface area contributed by atoms with E-state index < -0.39 is 6.10 Å². The Labute approximate surface area is 157 Å². The molecule has 5 rings (SSSR count). The second-order valence-corrected chi connectivity index (χ2v) is 7.22.